The maximum atomic E-state index is 12.6. The third kappa shape index (κ3) is 5.15. The van der Waals surface area contributed by atoms with Crippen LogP contribution in [0.2, 0.25) is 5.02 Å². The number of rotatable bonds is 6. The zero-order valence-corrected chi connectivity index (χ0v) is 16.6. The van der Waals surface area contributed by atoms with Gasteiger partial charge in [-0.15, -0.1) is 0 Å². The van der Waals surface area contributed by atoms with Gasteiger partial charge in [-0.25, -0.2) is 0 Å². The lowest BCUT2D eigenvalue weighted by Crippen LogP contribution is -2.49. The molecule has 1 fully saturated rings. The molecule has 0 aliphatic carbocycles. The van der Waals surface area contributed by atoms with Gasteiger partial charge in [-0.3, -0.25) is 9.69 Å². The summed E-state index contributed by atoms with van der Waals surface area (Å²) in [7, 11) is 1.60. The van der Waals surface area contributed by atoms with Crippen LogP contribution >= 0.6 is 11.6 Å². The summed E-state index contributed by atoms with van der Waals surface area (Å²) < 4.78 is 5.35. The van der Waals surface area contributed by atoms with Crippen molar-refractivity contribution in [1.29, 1.82) is 0 Å². The van der Waals surface area contributed by atoms with E-state index in [1.807, 2.05) is 24.0 Å². The smallest absolute Gasteiger partial charge is 0.241 e. The molecular weight excluding hydrogens is 362 g/mol. The molecule has 0 spiro atoms. The van der Waals surface area contributed by atoms with E-state index in [1.165, 1.54) is 5.56 Å². The van der Waals surface area contributed by atoms with Crippen LogP contribution in [0.25, 0.3) is 0 Å². The number of amides is 1. The van der Waals surface area contributed by atoms with E-state index in [-0.39, 0.29) is 12.5 Å². The second-order valence-corrected chi connectivity index (χ2v) is 7.20. The average molecular weight is 388 g/mol. The molecule has 1 N–H and O–H groups in total. The molecule has 0 aromatic heterocycles. The predicted octanol–water partition coefficient (Wildman–Crippen LogP) is 3.41. The maximum Gasteiger partial charge on any atom is 0.241 e. The van der Waals surface area contributed by atoms with Crippen LogP contribution in [-0.4, -0.2) is 55.5 Å². The highest BCUT2D eigenvalue weighted by molar-refractivity contribution is 6.31. The molecule has 144 valence electrons. The molecule has 0 radical (unpaired) electrons. The third-order valence-electron chi connectivity index (χ3n) is 4.88. The van der Waals surface area contributed by atoms with Gasteiger partial charge in [-0.1, -0.05) is 41.9 Å². The Morgan fingerprint density at radius 1 is 1.15 bits per heavy atom. The maximum absolute atomic E-state index is 12.6. The second-order valence-electron chi connectivity index (χ2n) is 6.80. The molecular formula is C21H26ClN3O2. The van der Waals surface area contributed by atoms with Crippen molar-refractivity contribution in [3.63, 3.8) is 0 Å². The highest BCUT2D eigenvalue weighted by atomic mass is 35.5. The fourth-order valence-corrected chi connectivity index (χ4v) is 3.40. The quantitative estimate of drug-likeness (QED) is 0.825. The van der Waals surface area contributed by atoms with E-state index in [2.05, 4.69) is 34.5 Å². The average Bonchev–Trinajstić information content (AvgIpc) is 2.69. The Kier molecular flexibility index (Phi) is 6.58. The van der Waals surface area contributed by atoms with Crippen molar-refractivity contribution < 1.29 is 9.53 Å². The van der Waals surface area contributed by atoms with Gasteiger partial charge in [0.25, 0.3) is 0 Å². The van der Waals surface area contributed by atoms with Crippen molar-refractivity contribution in [2.24, 2.45) is 0 Å². The first-order valence-electron chi connectivity index (χ1n) is 9.19. The standard InChI is InChI=1S/C21H26ClN3O2/c1-16-12-19(20(27-2)13-18(16)22)23-14-21(26)25-10-8-24(9-11-25)15-17-6-4-3-5-7-17/h3-7,12-13,23H,8-11,14-15H2,1-2H3. The van der Waals surface area contributed by atoms with Crippen LogP contribution in [0, 0.1) is 6.92 Å². The largest absolute Gasteiger partial charge is 0.495 e. The van der Waals surface area contributed by atoms with Crippen LogP contribution in [0.15, 0.2) is 42.5 Å². The van der Waals surface area contributed by atoms with E-state index >= 15 is 0 Å². The Balaban J connectivity index is 1.49. The van der Waals surface area contributed by atoms with Crippen LogP contribution in [0.4, 0.5) is 5.69 Å². The van der Waals surface area contributed by atoms with Crippen molar-refractivity contribution in [3.05, 3.63) is 58.6 Å². The van der Waals surface area contributed by atoms with Crippen molar-refractivity contribution in [2.75, 3.05) is 45.2 Å². The van der Waals surface area contributed by atoms with Gasteiger partial charge in [0, 0.05) is 43.8 Å². The molecule has 0 saturated carbocycles. The molecule has 1 aliphatic rings. The number of carbonyl (C=O) groups excluding carboxylic acids is 1. The highest BCUT2D eigenvalue weighted by Crippen LogP contribution is 2.30. The number of piperazine rings is 1. The molecule has 0 unspecified atom stereocenters. The van der Waals surface area contributed by atoms with Crippen molar-refractivity contribution >= 4 is 23.2 Å². The molecule has 0 atom stereocenters. The van der Waals surface area contributed by atoms with Crippen LogP contribution in [0.3, 0.4) is 0 Å². The first kappa shape index (κ1) is 19.5. The number of hydrogen-bond donors (Lipinski definition) is 1. The number of nitrogens with zero attached hydrogens (tertiary/aromatic N) is 2. The Morgan fingerprint density at radius 2 is 1.85 bits per heavy atom. The summed E-state index contributed by atoms with van der Waals surface area (Å²) in [4.78, 5) is 16.9. The minimum absolute atomic E-state index is 0.101. The molecule has 1 aliphatic heterocycles. The molecule has 1 amide bonds. The Bertz CT molecular complexity index is 774. The summed E-state index contributed by atoms with van der Waals surface area (Å²) >= 11 is 6.13. The summed E-state index contributed by atoms with van der Waals surface area (Å²) in [5, 5.41) is 3.84. The van der Waals surface area contributed by atoms with Gasteiger partial charge < -0.3 is 15.0 Å². The fraction of sp³-hybridized carbons (Fsp3) is 0.381. The Labute approximate surface area is 165 Å². The van der Waals surface area contributed by atoms with Crippen LogP contribution in [-0.2, 0) is 11.3 Å². The molecule has 2 aromatic rings. The van der Waals surface area contributed by atoms with Crippen LogP contribution in [0.5, 0.6) is 5.75 Å². The predicted molar refractivity (Wildman–Crippen MR) is 110 cm³/mol. The summed E-state index contributed by atoms with van der Waals surface area (Å²) in [6, 6.07) is 14.1. The molecule has 0 bridgehead atoms. The van der Waals surface area contributed by atoms with Gasteiger partial charge in [-0.2, -0.15) is 0 Å². The van der Waals surface area contributed by atoms with Gasteiger partial charge in [-0.05, 0) is 24.1 Å². The highest BCUT2D eigenvalue weighted by Gasteiger charge is 2.21. The molecule has 3 rings (SSSR count). The minimum Gasteiger partial charge on any atom is -0.495 e. The number of carbonyl (C=O) groups is 1. The molecule has 27 heavy (non-hydrogen) atoms. The van der Waals surface area contributed by atoms with Crippen LogP contribution in [0.1, 0.15) is 11.1 Å². The van der Waals surface area contributed by atoms with Gasteiger partial charge in [0.05, 0.1) is 19.3 Å². The summed E-state index contributed by atoms with van der Waals surface area (Å²) in [5.41, 5.74) is 3.04. The van der Waals surface area contributed by atoms with E-state index in [4.69, 9.17) is 16.3 Å². The Hall–Kier alpha value is -2.24. The lowest BCUT2D eigenvalue weighted by Gasteiger charge is -2.35. The number of anilines is 1. The molecule has 1 saturated heterocycles. The summed E-state index contributed by atoms with van der Waals surface area (Å²) in [6.07, 6.45) is 0. The molecule has 6 heteroatoms. The van der Waals surface area contributed by atoms with E-state index in [0.29, 0.717) is 10.8 Å². The van der Waals surface area contributed by atoms with E-state index in [9.17, 15) is 4.79 Å². The van der Waals surface area contributed by atoms with Crippen LogP contribution < -0.4 is 10.1 Å². The zero-order chi connectivity index (χ0) is 19.2. The summed E-state index contributed by atoms with van der Waals surface area (Å²) in [5.74, 6) is 0.745. The molecule has 5 nitrogen and oxygen atoms in total. The topological polar surface area (TPSA) is 44.8 Å². The normalized spacial score (nSPS) is 14.9. The number of methoxy groups -OCH3 is 1. The Morgan fingerprint density at radius 3 is 2.52 bits per heavy atom. The number of halogens is 1. The monoisotopic (exact) mass is 387 g/mol. The summed E-state index contributed by atoms with van der Waals surface area (Å²) in [6.45, 7) is 6.40. The van der Waals surface area contributed by atoms with Gasteiger partial charge in [0.2, 0.25) is 5.91 Å². The first-order valence-corrected chi connectivity index (χ1v) is 9.56. The van der Waals surface area contributed by atoms with E-state index < -0.39 is 0 Å². The molecule has 2 aromatic carbocycles. The van der Waals surface area contributed by atoms with Gasteiger partial charge in [0.1, 0.15) is 5.75 Å². The number of aryl methyl sites for hydroxylation is 1. The number of hydrogen-bond acceptors (Lipinski definition) is 4. The van der Waals surface area contributed by atoms with Crippen molar-refractivity contribution in [1.82, 2.24) is 9.80 Å². The zero-order valence-electron chi connectivity index (χ0n) is 15.9. The fourth-order valence-electron chi connectivity index (χ4n) is 3.25. The third-order valence-corrected chi connectivity index (χ3v) is 5.29. The second kappa shape index (κ2) is 9.11. The number of benzene rings is 2. The van der Waals surface area contributed by atoms with E-state index in [0.717, 1.165) is 44.0 Å². The van der Waals surface area contributed by atoms with Crippen molar-refractivity contribution in [3.8, 4) is 5.75 Å². The number of ether oxygens (including phenoxy) is 1. The van der Waals surface area contributed by atoms with Crippen molar-refractivity contribution in [2.45, 2.75) is 13.5 Å². The SMILES string of the molecule is COc1cc(Cl)c(C)cc1NCC(=O)N1CCN(Cc2ccccc2)CC1. The first-order chi connectivity index (χ1) is 13.1. The minimum atomic E-state index is 0.101. The lowest BCUT2D eigenvalue weighted by molar-refractivity contribution is -0.131. The van der Waals surface area contributed by atoms with E-state index in [1.54, 1.807) is 13.2 Å². The molecule has 1 heterocycles. The van der Waals surface area contributed by atoms with Gasteiger partial charge >= 0.3 is 0 Å². The van der Waals surface area contributed by atoms with Gasteiger partial charge in [0.15, 0.2) is 0 Å². The lowest BCUT2D eigenvalue weighted by atomic mass is 10.2. The number of nitrogens with one attached hydrogen (secondary N) is 1.